The van der Waals surface area contributed by atoms with E-state index in [0.717, 1.165) is 0 Å². The molecule has 0 aliphatic carbocycles. The molecule has 6 heteroatoms. The van der Waals surface area contributed by atoms with Crippen molar-refractivity contribution in [1.29, 1.82) is 0 Å². The lowest BCUT2D eigenvalue weighted by atomic mass is 10.3. The van der Waals surface area contributed by atoms with Crippen molar-refractivity contribution in [1.82, 2.24) is 9.78 Å². The molecular weight excluding hydrogens is 194 g/mol. The molecule has 0 unspecified atom stereocenters. The van der Waals surface area contributed by atoms with Gasteiger partial charge in [-0.1, -0.05) is 0 Å². The van der Waals surface area contributed by atoms with E-state index in [1.807, 2.05) is 0 Å². The zero-order valence-electron chi connectivity index (χ0n) is 7.36. The molecule has 0 bridgehead atoms. The highest BCUT2D eigenvalue weighted by atomic mass is 19.3. The first-order chi connectivity index (χ1) is 6.59. The molecule has 1 rings (SSSR count). The van der Waals surface area contributed by atoms with Crippen molar-refractivity contribution >= 4 is 5.97 Å². The Morgan fingerprint density at radius 1 is 1.64 bits per heavy atom. The van der Waals surface area contributed by atoms with Crippen molar-refractivity contribution < 1.29 is 18.7 Å². The molecule has 0 fully saturated rings. The number of rotatable bonds is 5. The standard InChI is InChI=1S/C8H10F2N2O2/c9-7(10)2-4-12-6(1-3-11-12)5-8(13)14/h1,3,7H,2,4-5H2,(H,13,14). The molecule has 0 spiro atoms. The molecule has 0 amide bonds. The first kappa shape index (κ1) is 10.6. The van der Waals surface area contributed by atoms with Crippen LogP contribution in [0, 0.1) is 0 Å². The van der Waals surface area contributed by atoms with E-state index in [0.29, 0.717) is 5.69 Å². The van der Waals surface area contributed by atoms with Gasteiger partial charge < -0.3 is 5.11 Å². The number of aromatic nitrogens is 2. The predicted molar refractivity (Wildman–Crippen MR) is 44.2 cm³/mol. The summed E-state index contributed by atoms with van der Waals surface area (Å²) in [7, 11) is 0. The normalized spacial score (nSPS) is 10.8. The monoisotopic (exact) mass is 204 g/mol. The van der Waals surface area contributed by atoms with Crippen molar-refractivity contribution in [3.8, 4) is 0 Å². The second-order valence-corrected chi connectivity index (χ2v) is 2.80. The lowest BCUT2D eigenvalue weighted by molar-refractivity contribution is -0.136. The zero-order valence-corrected chi connectivity index (χ0v) is 7.36. The number of hydrogen-bond donors (Lipinski definition) is 1. The van der Waals surface area contributed by atoms with Gasteiger partial charge in [-0.15, -0.1) is 0 Å². The number of carboxylic acid groups (broad SMARTS) is 1. The molecular formula is C8H10F2N2O2. The lowest BCUT2D eigenvalue weighted by Gasteiger charge is -2.04. The summed E-state index contributed by atoms with van der Waals surface area (Å²) in [6.07, 6.45) is -1.49. The van der Waals surface area contributed by atoms with Gasteiger partial charge in [-0.05, 0) is 6.07 Å². The molecule has 78 valence electrons. The molecule has 0 atom stereocenters. The van der Waals surface area contributed by atoms with Crippen LogP contribution in [0.15, 0.2) is 12.3 Å². The summed E-state index contributed by atoms with van der Waals surface area (Å²) >= 11 is 0. The minimum atomic E-state index is -2.39. The fourth-order valence-corrected chi connectivity index (χ4v) is 1.09. The molecule has 4 nitrogen and oxygen atoms in total. The number of hydrogen-bond acceptors (Lipinski definition) is 2. The van der Waals surface area contributed by atoms with Crippen molar-refractivity contribution in [2.75, 3.05) is 0 Å². The molecule has 1 heterocycles. The Morgan fingerprint density at radius 3 is 2.93 bits per heavy atom. The van der Waals surface area contributed by atoms with Gasteiger partial charge in [-0.25, -0.2) is 8.78 Å². The maximum Gasteiger partial charge on any atom is 0.309 e. The van der Waals surface area contributed by atoms with Crippen LogP contribution in [0.2, 0.25) is 0 Å². The fraction of sp³-hybridized carbons (Fsp3) is 0.500. The van der Waals surface area contributed by atoms with Crippen LogP contribution in [0.3, 0.4) is 0 Å². The highest BCUT2D eigenvalue weighted by Crippen LogP contribution is 2.05. The summed E-state index contributed by atoms with van der Waals surface area (Å²) in [5.74, 6) is -0.996. The smallest absolute Gasteiger partial charge is 0.309 e. The number of aryl methyl sites for hydroxylation is 1. The van der Waals surface area contributed by atoms with Gasteiger partial charge >= 0.3 is 5.97 Å². The van der Waals surface area contributed by atoms with Crippen molar-refractivity contribution in [3.63, 3.8) is 0 Å². The molecule has 1 N–H and O–H groups in total. The summed E-state index contributed by atoms with van der Waals surface area (Å²) in [5.41, 5.74) is 0.443. The molecule has 0 aromatic carbocycles. The third-order valence-electron chi connectivity index (χ3n) is 1.70. The maximum atomic E-state index is 11.9. The Morgan fingerprint density at radius 2 is 2.36 bits per heavy atom. The molecule has 0 aliphatic rings. The van der Waals surface area contributed by atoms with Gasteiger partial charge in [0.2, 0.25) is 6.43 Å². The fourth-order valence-electron chi connectivity index (χ4n) is 1.09. The number of nitrogens with zero attached hydrogens (tertiary/aromatic N) is 2. The lowest BCUT2D eigenvalue weighted by Crippen LogP contribution is -2.11. The average Bonchev–Trinajstić information content (AvgIpc) is 2.47. The number of carboxylic acids is 1. The van der Waals surface area contributed by atoms with Crippen LogP contribution in [0.25, 0.3) is 0 Å². The average molecular weight is 204 g/mol. The topological polar surface area (TPSA) is 55.1 Å². The van der Waals surface area contributed by atoms with E-state index in [-0.39, 0.29) is 19.4 Å². The van der Waals surface area contributed by atoms with E-state index in [4.69, 9.17) is 5.11 Å². The van der Waals surface area contributed by atoms with Gasteiger partial charge in [0.1, 0.15) is 0 Å². The minimum Gasteiger partial charge on any atom is -0.481 e. The first-order valence-corrected chi connectivity index (χ1v) is 4.10. The Balaban J connectivity index is 2.58. The van der Waals surface area contributed by atoms with Gasteiger partial charge in [-0.2, -0.15) is 5.10 Å². The summed E-state index contributed by atoms with van der Waals surface area (Å²) < 4.78 is 25.0. The molecule has 0 saturated carbocycles. The molecule has 14 heavy (non-hydrogen) atoms. The zero-order chi connectivity index (χ0) is 10.6. The number of halogens is 2. The van der Waals surface area contributed by atoms with Crippen LogP contribution < -0.4 is 0 Å². The van der Waals surface area contributed by atoms with Gasteiger partial charge in [0.25, 0.3) is 0 Å². The van der Waals surface area contributed by atoms with Crippen molar-refractivity contribution in [2.45, 2.75) is 25.8 Å². The van der Waals surface area contributed by atoms with Crippen LogP contribution in [-0.4, -0.2) is 27.3 Å². The number of alkyl halides is 2. The molecule has 0 aliphatic heterocycles. The summed E-state index contributed by atoms with van der Waals surface area (Å²) in [6, 6.07) is 1.51. The van der Waals surface area contributed by atoms with Crippen LogP contribution in [0.1, 0.15) is 12.1 Å². The molecule has 1 aromatic heterocycles. The minimum absolute atomic E-state index is 0.0489. The van der Waals surface area contributed by atoms with E-state index in [2.05, 4.69) is 5.10 Å². The summed E-state index contributed by atoms with van der Waals surface area (Å²) in [6.45, 7) is 0.0489. The van der Waals surface area contributed by atoms with Crippen LogP contribution in [0.4, 0.5) is 8.78 Å². The Hall–Kier alpha value is -1.46. The van der Waals surface area contributed by atoms with Gasteiger partial charge in [0.05, 0.1) is 6.42 Å². The van der Waals surface area contributed by atoms with E-state index < -0.39 is 12.4 Å². The summed E-state index contributed by atoms with van der Waals surface area (Å²) in [4.78, 5) is 10.4. The largest absolute Gasteiger partial charge is 0.481 e. The van der Waals surface area contributed by atoms with Crippen LogP contribution >= 0.6 is 0 Å². The van der Waals surface area contributed by atoms with Crippen molar-refractivity contribution in [2.24, 2.45) is 0 Å². The molecule has 0 saturated heterocycles. The molecule has 0 radical (unpaired) electrons. The first-order valence-electron chi connectivity index (χ1n) is 4.10. The SMILES string of the molecule is O=C(O)Cc1ccnn1CCC(F)F. The van der Waals surface area contributed by atoms with E-state index in [1.165, 1.54) is 16.9 Å². The highest BCUT2D eigenvalue weighted by Gasteiger charge is 2.09. The van der Waals surface area contributed by atoms with Gasteiger partial charge in [0.15, 0.2) is 0 Å². The van der Waals surface area contributed by atoms with E-state index >= 15 is 0 Å². The Bertz CT molecular complexity index is 312. The second-order valence-electron chi connectivity index (χ2n) is 2.80. The van der Waals surface area contributed by atoms with E-state index in [1.54, 1.807) is 0 Å². The number of carbonyl (C=O) groups is 1. The third-order valence-corrected chi connectivity index (χ3v) is 1.70. The van der Waals surface area contributed by atoms with Gasteiger partial charge in [-0.3, -0.25) is 9.48 Å². The quantitative estimate of drug-likeness (QED) is 0.783. The number of aliphatic carboxylic acids is 1. The summed E-state index contributed by atoms with van der Waals surface area (Å²) in [5, 5.41) is 12.3. The Kier molecular flexibility index (Phi) is 3.55. The van der Waals surface area contributed by atoms with Crippen molar-refractivity contribution in [3.05, 3.63) is 18.0 Å². The third kappa shape index (κ3) is 3.12. The van der Waals surface area contributed by atoms with Crippen LogP contribution in [-0.2, 0) is 17.8 Å². The maximum absolute atomic E-state index is 11.9. The highest BCUT2D eigenvalue weighted by molar-refractivity contribution is 5.69. The Labute approximate surface area is 79.2 Å². The predicted octanol–water partition coefficient (Wildman–Crippen LogP) is 1.17. The second kappa shape index (κ2) is 4.69. The van der Waals surface area contributed by atoms with E-state index in [9.17, 15) is 13.6 Å². The molecule has 1 aromatic rings. The van der Waals surface area contributed by atoms with Crippen LogP contribution in [0.5, 0.6) is 0 Å². The van der Waals surface area contributed by atoms with Gasteiger partial charge in [0, 0.05) is 24.9 Å².